The van der Waals surface area contributed by atoms with Crippen molar-refractivity contribution in [2.45, 2.75) is 24.2 Å². The van der Waals surface area contributed by atoms with E-state index in [1.165, 1.54) is 18.2 Å². The van der Waals surface area contributed by atoms with Crippen LogP contribution in [0.5, 0.6) is 11.6 Å². The van der Waals surface area contributed by atoms with E-state index < -0.39 is 31.4 Å². The van der Waals surface area contributed by atoms with Crippen molar-refractivity contribution in [3.63, 3.8) is 0 Å². The molecule has 2 N–H and O–H groups in total. The van der Waals surface area contributed by atoms with Gasteiger partial charge in [-0.15, -0.1) is 0 Å². The Hall–Kier alpha value is -4.69. The molecular formula is C29H29N5O8S. The van der Waals surface area contributed by atoms with E-state index in [0.29, 0.717) is 55.7 Å². The Morgan fingerprint density at radius 3 is 2.74 bits per heavy atom. The fourth-order valence-corrected chi connectivity index (χ4v) is 6.19. The van der Waals surface area contributed by atoms with Crippen LogP contribution in [0.4, 0.5) is 17.1 Å². The van der Waals surface area contributed by atoms with Crippen LogP contribution < -0.4 is 19.1 Å². The summed E-state index contributed by atoms with van der Waals surface area (Å²) in [5, 5.41) is 12.7. The van der Waals surface area contributed by atoms with E-state index in [9.17, 15) is 23.3 Å². The number of benzene rings is 2. The second-order valence-corrected chi connectivity index (χ2v) is 12.0. The molecule has 1 fully saturated rings. The van der Waals surface area contributed by atoms with Crippen molar-refractivity contribution in [3.8, 4) is 11.6 Å². The SMILES string of the molecule is O=C(NS(=O)(=O)c1ccc(OCC2CCOCC2)c([N+](=O)[O-])c1)c1ccccc1N1CCCOc2nc3[nH]ccc3cc21. The summed E-state index contributed by atoms with van der Waals surface area (Å²) in [4.78, 5) is 33.7. The first-order valence-corrected chi connectivity index (χ1v) is 15.3. The molecule has 14 heteroatoms. The number of carbonyl (C=O) groups excluding carboxylic acids is 1. The zero-order valence-corrected chi connectivity index (χ0v) is 23.8. The van der Waals surface area contributed by atoms with Gasteiger partial charge in [-0.1, -0.05) is 12.1 Å². The highest BCUT2D eigenvalue weighted by atomic mass is 32.2. The first kappa shape index (κ1) is 28.4. The number of carbonyl (C=O) groups is 1. The van der Waals surface area contributed by atoms with Crippen LogP contribution in [0.25, 0.3) is 11.0 Å². The van der Waals surface area contributed by atoms with Gasteiger partial charge >= 0.3 is 5.69 Å². The third-order valence-corrected chi connectivity index (χ3v) is 8.78. The van der Waals surface area contributed by atoms with Crippen molar-refractivity contribution in [3.05, 3.63) is 76.5 Å². The lowest BCUT2D eigenvalue weighted by atomic mass is 10.0. The number of hydrogen-bond donors (Lipinski definition) is 2. The van der Waals surface area contributed by atoms with Crippen LogP contribution in [0.2, 0.25) is 0 Å². The van der Waals surface area contributed by atoms with Crippen LogP contribution in [0.1, 0.15) is 29.6 Å². The number of nitro benzene ring substituents is 1. The summed E-state index contributed by atoms with van der Waals surface area (Å²) in [7, 11) is -4.49. The normalized spacial score (nSPS) is 15.8. The molecule has 13 nitrogen and oxygen atoms in total. The smallest absolute Gasteiger partial charge is 0.312 e. The van der Waals surface area contributed by atoms with E-state index in [2.05, 4.69) is 14.7 Å². The molecule has 2 aliphatic rings. The van der Waals surface area contributed by atoms with Crippen molar-refractivity contribution in [2.24, 2.45) is 5.92 Å². The molecule has 0 spiro atoms. The number of amides is 1. The summed E-state index contributed by atoms with van der Waals surface area (Å²) in [5.74, 6) is -0.356. The largest absolute Gasteiger partial charge is 0.487 e. The van der Waals surface area contributed by atoms with Crippen molar-refractivity contribution in [1.29, 1.82) is 0 Å². The van der Waals surface area contributed by atoms with Gasteiger partial charge in [0.05, 0.1) is 34.3 Å². The molecule has 6 rings (SSSR count). The molecule has 0 bridgehead atoms. The summed E-state index contributed by atoms with van der Waals surface area (Å²) < 4.78 is 45.6. The van der Waals surface area contributed by atoms with E-state index in [-0.39, 0.29) is 23.8 Å². The molecular weight excluding hydrogens is 578 g/mol. The average Bonchev–Trinajstić information content (AvgIpc) is 3.37. The van der Waals surface area contributed by atoms with Gasteiger partial charge in [0.2, 0.25) is 5.88 Å². The van der Waals surface area contributed by atoms with Crippen LogP contribution in [0, 0.1) is 16.0 Å². The second-order valence-electron chi connectivity index (χ2n) is 10.3. The molecule has 1 amide bonds. The van der Waals surface area contributed by atoms with E-state index in [0.717, 1.165) is 24.3 Å². The molecule has 1 saturated heterocycles. The third-order valence-electron chi connectivity index (χ3n) is 7.46. The van der Waals surface area contributed by atoms with E-state index >= 15 is 0 Å². The summed E-state index contributed by atoms with van der Waals surface area (Å²) >= 11 is 0. The fourth-order valence-electron chi connectivity index (χ4n) is 5.20. The van der Waals surface area contributed by atoms with Gasteiger partial charge in [0.25, 0.3) is 15.9 Å². The quantitative estimate of drug-likeness (QED) is 0.218. The van der Waals surface area contributed by atoms with Crippen LogP contribution in [-0.2, 0) is 14.8 Å². The maximum Gasteiger partial charge on any atom is 0.312 e. The predicted molar refractivity (Wildman–Crippen MR) is 156 cm³/mol. The maximum atomic E-state index is 13.5. The van der Waals surface area contributed by atoms with Crippen LogP contribution in [0.15, 0.2) is 65.7 Å². The number of sulfonamides is 1. The number of ether oxygens (including phenoxy) is 3. The van der Waals surface area contributed by atoms with Crippen LogP contribution >= 0.6 is 0 Å². The lowest BCUT2D eigenvalue weighted by Gasteiger charge is -2.25. The number of aromatic nitrogens is 2. The number of rotatable bonds is 8. The number of aromatic amines is 1. The van der Waals surface area contributed by atoms with Gasteiger partial charge in [0.15, 0.2) is 5.75 Å². The Kier molecular flexibility index (Phi) is 7.86. The predicted octanol–water partition coefficient (Wildman–Crippen LogP) is 4.32. The monoisotopic (exact) mass is 607 g/mol. The number of H-pyrrole nitrogens is 1. The van der Waals surface area contributed by atoms with Gasteiger partial charge in [-0.05, 0) is 61.6 Å². The molecule has 0 aliphatic carbocycles. The van der Waals surface area contributed by atoms with Crippen LogP contribution in [-0.4, -0.2) is 62.2 Å². The molecule has 2 aromatic carbocycles. The molecule has 2 aliphatic heterocycles. The minimum absolute atomic E-state index is 0.0423. The Bertz CT molecular complexity index is 1780. The maximum absolute atomic E-state index is 13.5. The van der Waals surface area contributed by atoms with E-state index in [1.54, 1.807) is 24.4 Å². The summed E-state index contributed by atoms with van der Waals surface area (Å²) in [5.41, 5.74) is 1.35. The van der Waals surface area contributed by atoms with Gasteiger partial charge < -0.3 is 24.1 Å². The highest BCUT2D eigenvalue weighted by Crippen LogP contribution is 2.38. The number of anilines is 2. The Morgan fingerprint density at radius 2 is 1.93 bits per heavy atom. The Morgan fingerprint density at radius 1 is 1.12 bits per heavy atom. The second kappa shape index (κ2) is 11.9. The van der Waals surface area contributed by atoms with Crippen molar-refractivity contribution < 1.29 is 32.3 Å². The van der Waals surface area contributed by atoms with Crippen molar-refractivity contribution >= 4 is 44.0 Å². The molecule has 4 heterocycles. The molecule has 43 heavy (non-hydrogen) atoms. The minimum atomic E-state index is -4.49. The van der Waals surface area contributed by atoms with Gasteiger partial charge in [-0.25, -0.2) is 13.1 Å². The minimum Gasteiger partial charge on any atom is -0.487 e. The molecule has 2 aromatic heterocycles. The molecule has 0 unspecified atom stereocenters. The van der Waals surface area contributed by atoms with Gasteiger partial charge in [0.1, 0.15) is 11.3 Å². The number of nitrogens with zero attached hydrogens (tertiary/aromatic N) is 3. The van der Waals surface area contributed by atoms with E-state index in [4.69, 9.17) is 14.2 Å². The van der Waals surface area contributed by atoms with Crippen molar-refractivity contribution in [2.75, 3.05) is 37.9 Å². The van der Waals surface area contributed by atoms with E-state index in [1.807, 2.05) is 17.0 Å². The molecule has 0 saturated carbocycles. The number of hydrogen-bond acceptors (Lipinski definition) is 10. The fraction of sp³-hybridized carbons (Fsp3) is 0.310. The lowest BCUT2D eigenvalue weighted by Crippen LogP contribution is -2.32. The Labute approximate surface area is 247 Å². The highest BCUT2D eigenvalue weighted by molar-refractivity contribution is 7.90. The molecule has 0 radical (unpaired) electrons. The summed E-state index contributed by atoms with van der Waals surface area (Å²) in [6.07, 6.45) is 3.95. The first-order chi connectivity index (χ1) is 20.8. The van der Waals surface area contributed by atoms with Gasteiger partial charge in [-0.2, -0.15) is 4.98 Å². The summed E-state index contributed by atoms with van der Waals surface area (Å²) in [6.45, 7) is 2.35. The van der Waals surface area contributed by atoms with Crippen molar-refractivity contribution in [1.82, 2.24) is 14.7 Å². The lowest BCUT2D eigenvalue weighted by molar-refractivity contribution is -0.386. The standard InChI is InChI=1S/C29H29N5O8S/c35-28(32-43(38,39)21-6-7-26(24(17-21)34(36)37)42-18-19-9-14-40-15-10-19)22-4-1-2-5-23(22)33-12-3-13-41-29-25(33)16-20-8-11-30-27(20)31-29/h1-2,4-8,11,16-17,19H,3,9-10,12-15,18H2,(H,30,31)(H,32,35). The Balaban J connectivity index is 1.26. The van der Waals surface area contributed by atoms with Gasteiger partial charge in [-0.3, -0.25) is 14.9 Å². The number of para-hydroxylation sites is 1. The molecule has 4 aromatic rings. The topological polar surface area (TPSA) is 166 Å². The number of nitrogens with one attached hydrogen (secondary N) is 2. The molecule has 224 valence electrons. The number of fused-ring (bicyclic) bond motifs is 2. The number of nitro groups is 1. The zero-order chi connectivity index (χ0) is 30.0. The van der Waals surface area contributed by atoms with Gasteiger partial charge in [0, 0.05) is 37.4 Å². The number of pyridine rings is 1. The molecule has 0 atom stereocenters. The average molecular weight is 608 g/mol. The first-order valence-electron chi connectivity index (χ1n) is 13.8. The summed E-state index contributed by atoms with van der Waals surface area (Å²) in [6, 6.07) is 13.7. The van der Waals surface area contributed by atoms with Crippen LogP contribution in [0.3, 0.4) is 0 Å². The zero-order valence-electron chi connectivity index (χ0n) is 23.0. The third kappa shape index (κ3) is 5.96. The highest BCUT2D eigenvalue weighted by Gasteiger charge is 2.28.